The van der Waals surface area contributed by atoms with Gasteiger partial charge >= 0.3 is 0 Å². The number of benzene rings is 2. The van der Waals surface area contributed by atoms with Crippen LogP contribution in [-0.2, 0) is 10.0 Å². The van der Waals surface area contributed by atoms with Gasteiger partial charge in [-0.2, -0.15) is 4.31 Å². The quantitative estimate of drug-likeness (QED) is 0.611. The number of carbonyl (C=O) groups excluding carboxylic acids is 1. The fourth-order valence-corrected chi connectivity index (χ4v) is 5.97. The van der Waals surface area contributed by atoms with Crippen molar-refractivity contribution in [3.05, 3.63) is 65.9 Å². The van der Waals surface area contributed by atoms with Crippen LogP contribution >= 0.6 is 0 Å². The molecule has 4 rings (SSSR count). The maximum atomic E-state index is 13.1. The molecule has 0 unspecified atom stereocenters. The molecule has 7 nitrogen and oxygen atoms in total. The summed E-state index contributed by atoms with van der Waals surface area (Å²) < 4.78 is 32.9. The Morgan fingerprint density at radius 3 is 2.28 bits per heavy atom. The Morgan fingerprint density at radius 1 is 1.03 bits per heavy atom. The summed E-state index contributed by atoms with van der Waals surface area (Å²) in [7, 11) is -3.57. The lowest BCUT2D eigenvalue weighted by Crippen LogP contribution is -2.42. The van der Waals surface area contributed by atoms with E-state index in [0.717, 1.165) is 12.0 Å². The fourth-order valence-electron chi connectivity index (χ4n) is 4.29. The Kier molecular flexibility index (Phi) is 6.17. The molecule has 0 bridgehead atoms. The molecule has 0 aliphatic carbocycles. The molecule has 1 saturated heterocycles. The number of rotatable bonds is 5. The minimum absolute atomic E-state index is 0.225. The van der Waals surface area contributed by atoms with Crippen LogP contribution in [0.4, 0.5) is 5.69 Å². The lowest BCUT2D eigenvalue weighted by molar-refractivity contribution is 0.102. The number of nitrogens with zero attached hydrogens (tertiary/aromatic N) is 2. The third-order valence-electron chi connectivity index (χ3n) is 5.72. The lowest BCUT2D eigenvalue weighted by Gasteiger charge is -2.34. The second-order valence-corrected chi connectivity index (χ2v) is 10.5. The molecule has 1 aromatic heterocycles. The summed E-state index contributed by atoms with van der Waals surface area (Å²) in [5.74, 6) is 0.709. The van der Waals surface area contributed by atoms with Crippen LogP contribution in [0.2, 0.25) is 0 Å². The van der Waals surface area contributed by atoms with Crippen molar-refractivity contribution < 1.29 is 17.7 Å². The lowest BCUT2D eigenvalue weighted by atomic mass is 9.94. The summed E-state index contributed by atoms with van der Waals surface area (Å²) >= 11 is 0. The zero-order chi connectivity index (χ0) is 22.9. The van der Waals surface area contributed by atoms with Crippen LogP contribution in [0.3, 0.4) is 0 Å². The number of aryl methyl sites for hydroxylation is 1. The molecular weight excluding hydrogens is 426 g/mol. The van der Waals surface area contributed by atoms with E-state index in [2.05, 4.69) is 24.3 Å². The van der Waals surface area contributed by atoms with Crippen LogP contribution in [0.1, 0.15) is 36.4 Å². The normalized spacial score (nSPS) is 19.6. The third-order valence-corrected chi connectivity index (χ3v) is 7.57. The number of piperidine rings is 1. The highest BCUT2D eigenvalue weighted by Crippen LogP contribution is 2.28. The number of carbonyl (C=O) groups is 1. The molecule has 32 heavy (non-hydrogen) atoms. The first kappa shape index (κ1) is 22.2. The highest BCUT2D eigenvalue weighted by molar-refractivity contribution is 7.89. The van der Waals surface area contributed by atoms with Gasteiger partial charge in [0.05, 0.1) is 4.90 Å². The Hall–Kier alpha value is -2.97. The monoisotopic (exact) mass is 453 g/mol. The molecule has 1 aliphatic heterocycles. The molecule has 1 N–H and O–H groups in total. The predicted molar refractivity (Wildman–Crippen MR) is 123 cm³/mol. The van der Waals surface area contributed by atoms with E-state index < -0.39 is 10.0 Å². The first-order valence-corrected chi connectivity index (χ1v) is 12.1. The summed E-state index contributed by atoms with van der Waals surface area (Å²) in [6, 6.07) is 15.6. The Balaban J connectivity index is 1.53. The van der Waals surface area contributed by atoms with Gasteiger partial charge in [-0.15, -0.1) is 0 Å². The van der Waals surface area contributed by atoms with Gasteiger partial charge in [0.15, 0.2) is 0 Å². The van der Waals surface area contributed by atoms with Crippen LogP contribution in [0.15, 0.2) is 64.0 Å². The van der Waals surface area contributed by atoms with E-state index in [1.54, 1.807) is 23.4 Å². The standard InChI is InChI=1S/C24H27N3O4S/c1-16-13-17(2)15-27(14-16)32(29,30)21-11-9-20(10-12-21)25-24(28)22-18(3)31-26-23(22)19-7-5-4-6-8-19/h4-12,16-17H,13-15H2,1-3H3,(H,25,28)/t16-,17+. The predicted octanol–water partition coefficient (Wildman–Crippen LogP) is 4.57. The van der Waals surface area contributed by atoms with E-state index in [0.29, 0.717) is 47.6 Å². The van der Waals surface area contributed by atoms with E-state index >= 15 is 0 Å². The average molecular weight is 454 g/mol. The molecule has 2 atom stereocenters. The summed E-state index contributed by atoms with van der Waals surface area (Å²) in [6.07, 6.45) is 1.03. The number of sulfonamides is 1. The minimum Gasteiger partial charge on any atom is -0.360 e. The highest BCUT2D eigenvalue weighted by Gasteiger charge is 2.31. The van der Waals surface area contributed by atoms with E-state index in [1.165, 1.54) is 12.1 Å². The molecule has 1 aliphatic rings. The zero-order valence-corrected chi connectivity index (χ0v) is 19.2. The van der Waals surface area contributed by atoms with Crippen molar-refractivity contribution in [1.82, 2.24) is 9.46 Å². The molecule has 0 spiro atoms. The summed E-state index contributed by atoms with van der Waals surface area (Å²) in [5.41, 5.74) is 2.09. The molecule has 1 fully saturated rings. The Labute approximate surface area is 188 Å². The topological polar surface area (TPSA) is 92.5 Å². The third kappa shape index (κ3) is 4.47. The van der Waals surface area contributed by atoms with Gasteiger partial charge in [0.2, 0.25) is 10.0 Å². The van der Waals surface area contributed by atoms with Gasteiger partial charge in [0.25, 0.3) is 5.91 Å². The van der Waals surface area contributed by atoms with Crippen molar-refractivity contribution in [2.75, 3.05) is 18.4 Å². The van der Waals surface area contributed by atoms with Gasteiger partial charge in [-0.05, 0) is 49.4 Å². The van der Waals surface area contributed by atoms with Crippen molar-refractivity contribution in [2.45, 2.75) is 32.1 Å². The molecule has 0 saturated carbocycles. The van der Waals surface area contributed by atoms with Gasteiger partial charge in [0, 0.05) is 24.3 Å². The smallest absolute Gasteiger partial charge is 0.261 e. The number of hydrogen-bond donors (Lipinski definition) is 1. The van der Waals surface area contributed by atoms with Crippen molar-refractivity contribution in [3.63, 3.8) is 0 Å². The SMILES string of the molecule is Cc1onc(-c2ccccc2)c1C(=O)Nc1ccc(S(=O)(=O)N2C[C@H](C)C[C@H](C)C2)cc1. The number of nitrogens with one attached hydrogen (secondary N) is 1. The van der Waals surface area contributed by atoms with Crippen LogP contribution in [0.25, 0.3) is 11.3 Å². The summed E-state index contributed by atoms with van der Waals surface area (Å²) in [4.78, 5) is 13.2. The maximum absolute atomic E-state index is 13.1. The number of amides is 1. The molecule has 3 aromatic rings. The van der Waals surface area contributed by atoms with Crippen molar-refractivity contribution in [1.29, 1.82) is 0 Å². The molecule has 8 heteroatoms. The average Bonchev–Trinajstić information content (AvgIpc) is 3.15. The molecule has 0 radical (unpaired) electrons. The summed E-state index contributed by atoms with van der Waals surface area (Å²) in [6.45, 7) is 6.89. The second kappa shape index (κ2) is 8.88. The van der Waals surface area contributed by atoms with Crippen molar-refractivity contribution >= 4 is 21.6 Å². The summed E-state index contributed by atoms with van der Waals surface area (Å²) in [5, 5.41) is 6.86. The van der Waals surface area contributed by atoms with E-state index in [9.17, 15) is 13.2 Å². The zero-order valence-electron chi connectivity index (χ0n) is 18.4. The first-order chi connectivity index (χ1) is 15.3. The maximum Gasteiger partial charge on any atom is 0.261 e. The van der Waals surface area contributed by atoms with Gasteiger partial charge in [0.1, 0.15) is 17.0 Å². The Bertz CT molecular complexity index is 1190. The highest BCUT2D eigenvalue weighted by atomic mass is 32.2. The fraction of sp³-hybridized carbons (Fsp3) is 0.333. The molecule has 2 aromatic carbocycles. The molecule has 1 amide bonds. The van der Waals surface area contributed by atoms with Crippen LogP contribution in [0, 0.1) is 18.8 Å². The first-order valence-electron chi connectivity index (χ1n) is 10.7. The van der Waals surface area contributed by atoms with E-state index in [4.69, 9.17) is 4.52 Å². The minimum atomic E-state index is -3.57. The van der Waals surface area contributed by atoms with E-state index in [-0.39, 0.29) is 10.8 Å². The molecular formula is C24H27N3O4S. The van der Waals surface area contributed by atoms with Crippen molar-refractivity contribution in [3.8, 4) is 11.3 Å². The molecule has 168 valence electrons. The van der Waals surface area contributed by atoms with Crippen LogP contribution in [0.5, 0.6) is 0 Å². The van der Waals surface area contributed by atoms with Gasteiger partial charge < -0.3 is 9.84 Å². The van der Waals surface area contributed by atoms with Gasteiger partial charge in [-0.3, -0.25) is 4.79 Å². The number of aromatic nitrogens is 1. The largest absolute Gasteiger partial charge is 0.360 e. The van der Waals surface area contributed by atoms with Gasteiger partial charge in [-0.25, -0.2) is 8.42 Å². The Morgan fingerprint density at radius 2 is 1.66 bits per heavy atom. The van der Waals surface area contributed by atoms with Crippen LogP contribution < -0.4 is 5.32 Å². The second-order valence-electron chi connectivity index (χ2n) is 8.57. The van der Waals surface area contributed by atoms with Crippen molar-refractivity contribution in [2.24, 2.45) is 11.8 Å². The molecule has 2 heterocycles. The number of hydrogen-bond acceptors (Lipinski definition) is 5. The van der Waals surface area contributed by atoms with Gasteiger partial charge in [-0.1, -0.05) is 49.3 Å². The van der Waals surface area contributed by atoms with Crippen LogP contribution in [-0.4, -0.2) is 36.9 Å². The van der Waals surface area contributed by atoms with E-state index in [1.807, 2.05) is 30.3 Å². The number of anilines is 1.